The van der Waals surface area contributed by atoms with Crippen molar-refractivity contribution >= 4 is 11.9 Å². The van der Waals surface area contributed by atoms with E-state index < -0.39 is 11.9 Å². The summed E-state index contributed by atoms with van der Waals surface area (Å²) in [6.07, 6.45) is 0. The molecule has 0 spiro atoms. The monoisotopic (exact) mass is 207 g/mol. The van der Waals surface area contributed by atoms with E-state index in [2.05, 4.69) is 5.32 Å². The average Bonchev–Trinajstić information content (AvgIpc) is 2.18. The van der Waals surface area contributed by atoms with Crippen LogP contribution in [0.2, 0.25) is 0 Å². The van der Waals surface area contributed by atoms with Crippen LogP contribution in [-0.2, 0) is 4.79 Å². The molecule has 1 rings (SSSR count). The molecule has 80 valence electrons. The van der Waals surface area contributed by atoms with Crippen LogP contribution in [0.3, 0.4) is 0 Å². The first-order valence-electron chi connectivity index (χ1n) is 4.47. The number of nitrogens with one attached hydrogen (secondary N) is 2. The molecule has 0 fully saturated rings. The molecule has 0 saturated heterocycles. The summed E-state index contributed by atoms with van der Waals surface area (Å²) in [5.74, 6) is -1.85. The second-order valence-corrected chi connectivity index (χ2v) is 3.10. The van der Waals surface area contributed by atoms with Gasteiger partial charge in [-0.15, -0.1) is 0 Å². The molecule has 0 aromatic heterocycles. The summed E-state index contributed by atoms with van der Waals surface area (Å²) in [5.41, 5.74) is 5.79. The zero-order chi connectivity index (χ0) is 11.3. The van der Waals surface area contributed by atoms with E-state index in [1.807, 2.05) is 6.07 Å². The molecule has 0 bridgehead atoms. The third kappa shape index (κ3) is 3.30. The number of hydrogen-bond donors (Lipinski definition) is 4. The highest BCUT2D eigenvalue weighted by Crippen LogP contribution is 2.14. The zero-order valence-corrected chi connectivity index (χ0v) is 8.10. The summed E-state index contributed by atoms with van der Waals surface area (Å²) < 4.78 is 0. The number of carboxylic acid groups (broad SMARTS) is 1. The fraction of sp³-hybridized carbons (Fsp3) is 0.200. The predicted molar refractivity (Wildman–Crippen MR) is 56.7 cm³/mol. The molecule has 5 heteroatoms. The summed E-state index contributed by atoms with van der Waals surface area (Å²) in [6.45, 7) is 0.120. The molecule has 0 radical (unpaired) electrons. The lowest BCUT2D eigenvalue weighted by Crippen LogP contribution is -2.35. The van der Waals surface area contributed by atoms with Crippen molar-refractivity contribution in [2.75, 3.05) is 6.54 Å². The van der Waals surface area contributed by atoms with E-state index in [9.17, 15) is 4.79 Å². The van der Waals surface area contributed by atoms with Gasteiger partial charge in [-0.25, -0.2) is 0 Å². The van der Waals surface area contributed by atoms with Crippen LogP contribution in [0.5, 0.6) is 0 Å². The highest BCUT2D eigenvalue weighted by atomic mass is 16.4. The van der Waals surface area contributed by atoms with Crippen molar-refractivity contribution in [3.8, 4) is 0 Å². The van der Waals surface area contributed by atoms with Gasteiger partial charge in [0, 0.05) is 6.54 Å². The highest BCUT2D eigenvalue weighted by molar-refractivity contribution is 5.79. The summed E-state index contributed by atoms with van der Waals surface area (Å²) in [4.78, 5) is 11.0. The summed E-state index contributed by atoms with van der Waals surface area (Å²) in [7, 11) is 0. The Morgan fingerprint density at radius 1 is 1.47 bits per heavy atom. The normalized spacial score (nSPS) is 11.7. The fourth-order valence-corrected chi connectivity index (χ4v) is 1.25. The molecule has 1 unspecified atom stereocenters. The molecule has 0 aliphatic heterocycles. The quantitative estimate of drug-likeness (QED) is 0.422. The summed E-state index contributed by atoms with van der Waals surface area (Å²) >= 11 is 0. The molecule has 0 amide bonds. The van der Waals surface area contributed by atoms with Crippen molar-refractivity contribution in [1.82, 2.24) is 5.32 Å². The molecular formula is C10H13N3O2. The van der Waals surface area contributed by atoms with E-state index >= 15 is 0 Å². The number of nitrogens with two attached hydrogens (primary N) is 1. The Labute approximate surface area is 87.4 Å². The van der Waals surface area contributed by atoms with Gasteiger partial charge in [-0.1, -0.05) is 30.3 Å². The van der Waals surface area contributed by atoms with Crippen LogP contribution in [-0.4, -0.2) is 23.6 Å². The van der Waals surface area contributed by atoms with Crippen molar-refractivity contribution in [1.29, 1.82) is 5.41 Å². The lowest BCUT2D eigenvalue weighted by Gasteiger charge is -2.13. The van der Waals surface area contributed by atoms with E-state index in [0.717, 1.165) is 0 Å². The number of rotatable bonds is 4. The molecule has 5 nitrogen and oxygen atoms in total. The van der Waals surface area contributed by atoms with Gasteiger partial charge < -0.3 is 16.2 Å². The highest BCUT2D eigenvalue weighted by Gasteiger charge is 2.19. The van der Waals surface area contributed by atoms with Gasteiger partial charge in [-0.2, -0.15) is 0 Å². The molecule has 5 N–H and O–H groups in total. The Morgan fingerprint density at radius 2 is 2.07 bits per heavy atom. The van der Waals surface area contributed by atoms with Crippen LogP contribution in [0.15, 0.2) is 30.3 Å². The van der Waals surface area contributed by atoms with Crippen molar-refractivity contribution in [2.45, 2.75) is 5.92 Å². The predicted octanol–water partition coefficient (Wildman–Crippen LogP) is 0.338. The van der Waals surface area contributed by atoms with E-state index in [1.54, 1.807) is 24.3 Å². The molecule has 15 heavy (non-hydrogen) atoms. The van der Waals surface area contributed by atoms with Gasteiger partial charge in [-0.3, -0.25) is 10.2 Å². The van der Waals surface area contributed by atoms with Crippen LogP contribution in [0.25, 0.3) is 0 Å². The second-order valence-electron chi connectivity index (χ2n) is 3.10. The third-order valence-electron chi connectivity index (χ3n) is 2.00. The van der Waals surface area contributed by atoms with Crippen LogP contribution in [0.4, 0.5) is 0 Å². The van der Waals surface area contributed by atoms with Crippen LogP contribution in [0, 0.1) is 5.41 Å². The number of aliphatic carboxylic acids is 1. The van der Waals surface area contributed by atoms with Crippen LogP contribution in [0.1, 0.15) is 11.5 Å². The van der Waals surface area contributed by atoms with E-state index in [1.165, 1.54) is 0 Å². The molecule has 1 atom stereocenters. The summed E-state index contributed by atoms with van der Waals surface area (Å²) in [5, 5.41) is 18.5. The molecular weight excluding hydrogens is 194 g/mol. The molecule has 0 aliphatic carbocycles. The molecule has 0 heterocycles. The van der Waals surface area contributed by atoms with Gasteiger partial charge in [0.05, 0.1) is 5.92 Å². The number of benzene rings is 1. The van der Waals surface area contributed by atoms with E-state index in [-0.39, 0.29) is 12.5 Å². The largest absolute Gasteiger partial charge is 0.481 e. The van der Waals surface area contributed by atoms with E-state index in [4.69, 9.17) is 16.2 Å². The second kappa shape index (κ2) is 4.99. The SMILES string of the molecule is N=C(N)NCC(C(=O)O)c1ccccc1. The first-order valence-corrected chi connectivity index (χ1v) is 4.47. The van der Waals surface area contributed by atoms with Gasteiger partial charge in [0.2, 0.25) is 0 Å². The lowest BCUT2D eigenvalue weighted by atomic mass is 9.99. The van der Waals surface area contributed by atoms with Crippen molar-refractivity contribution in [3.05, 3.63) is 35.9 Å². The van der Waals surface area contributed by atoms with Gasteiger partial charge in [0.1, 0.15) is 0 Å². The lowest BCUT2D eigenvalue weighted by molar-refractivity contribution is -0.138. The topological polar surface area (TPSA) is 99.2 Å². The van der Waals surface area contributed by atoms with Crippen LogP contribution >= 0.6 is 0 Å². The molecule has 1 aromatic carbocycles. The molecule has 0 aliphatic rings. The zero-order valence-electron chi connectivity index (χ0n) is 8.10. The minimum Gasteiger partial charge on any atom is -0.481 e. The number of guanidine groups is 1. The van der Waals surface area contributed by atoms with Crippen molar-refractivity contribution < 1.29 is 9.90 Å². The fourth-order valence-electron chi connectivity index (χ4n) is 1.25. The van der Waals surface area contributed by atoms with Gasteiger partial charge in [-0.05, 0) is 5.56 Å². The van der Waals surface area contributed by atoms with Crippen LogP contribution < -0.4 is 11.1 Å². The average molecular weight is 207 g/mol. The number of carboxylic acids is 1. The smallest absolute Gasteiger partial charge is 0.312 e. The number of carbonyl (C=O) groups is 1. The Bertz CT molecular complexity index is 351. The first-order chi connectivity index (χ1) is 7.11. The standard InChI is InChI=1S/C10H13N3O2/c11-10(12)13-6-8(9(14)15)7-4-2-1-3-5-7/h1-5,8H,6H2,(H,14,15)(H4,11,12,13). The maximum Gasteiger partial charge on any atom is 0.312 e. The Hall–Kier alpha value is -2.04. The Morgan fingerprint density at radius 3 is 2.53 bits per heavy atom. The third-order valence-corrected chi connectivity index (χ3v) is 2.00. The Balaban J connectivity index is 2.75. The van der Waals surface area contributed by atoms with Crippen molar-refractivity contribution in [2.24, 2.45) is 5.73 Å². The molecule has 0 saturated carbocycles. The maximum absolute atomic E-state index is 11.0. The van der Waals surface area contributed by atoms with Crippen molar-refractivity contribution in [3.63, 3.8) is 0 Å². The minimum atomic E-state index is -0.935. The van der Waals surface area contributed by atoms with Gasteiger partial charge >= 0.3 is 5.97 Å². The van der Waals surface area contributed by atoms with Gasteiger partial charge in [0.15, 0.2) is 5.96 Å². The Kier molecular flexibility index (Phi) is 3.68. The van der Waals surface area contributed by atoms with Gasteiger partial charge in [0.25, 0.3) is 0 Å². The summed E-state index contributed by atoms with van der Waals surface area (Å²) in [6, 6.07) is 8.85. The molecule has 1 aromatic rings. The minimum absolute atomic E-state index is 0.120. The first kappa shape index (κ1) is 11.0. The number of hydrogen-bond acceptors (Lipinski definition) is 2. The van der Waals surface area contributed by atoms with E-state index in [0.29, 0.717) is 5.56 Å². The maximum atomic E-state index is 11.0.